The Labute approximate surface area is 133 Å². The Morgan fingerprint density at radius 1 is 1.41 bits per heavy atom. The molecule has 0 radical (unpaired) electrons. The van der Waals surface area contributed by atoms with Crippen molar-refractivity contribution < 1.29 is 13.9 Å². The fraction of sp³-hybridized carbons (Fsp3) is 0.438. The van der Waals surface area contributed by atoms with Crippen molar-refractivity contribution in [3.8, 4) is 0 Å². The lowest BCUT2D eigenvalue weighted by Crippen LogP contribution is -2.43. The Morgan fingerprint density at radius 2 is 2.23 bits per heavy atom. The zero-order valence-electron chi connectivity index (χ0n) is 12.6. The van der Waals surface area contributed by atoms with Crippen molar-refractivity contribution in [2.24, 2.45) is 0 Å². The molecule has 1 amide bonds. The van der Waals surface area contributed by atoms with E-state index in [1.165, 1.54) is 4.88 Å². The van der Waals surface area contributed by atoms with Crippen LogP contribution in [0.1, 0.15) is 27.0 Å². The van der Waals surface area contributed by atoms with Crippen molar-refractivity contribution in [1.82, 2.24) is 10.2 Å². The third-order valence-corrected chi connectivity index (χ3v) is 4.86. The van der Waals surface area contributed by atoms with Crippen LogP contribution in [0.25, 0.3) is 0 Å². The number of rotatable bonds is 5. The molecule has 5 nitrogen and oxygen atoms in total. The predicted molar refractivity (Wildman–Crippen MR) is 85.2 cm³/mol. The molecule has 1 N–H and O–H groups in total. The lowest BCUT2D eigenvalue weighted by atomic mass is 10.2. The van der Waals surface area contributed by atoms with E-state index in [-0.39, 0.29) is 11.9 Å². The van der Waals surface area contributed by atoms with Gasteiger partial charge in [0, 0.05) is 30.1 Å². The molecule has 0 aliphatic carbocycles. The Bertz CT molecular complexity index is 603. The second-order valence-corrected chi connectivity index (χ2v) is 6.30. The molecule has 2 aromatic rings. The van der Waals surface area contributed by atoms with Gasteiger partial charge in [0.05, 0.1) is 25.5 Å². The van der Waals surface area contributed by atoms with Gasteiger partial charge in [0.15, 0.2) is 5.76 Å². The van der Waals surface area contributed by atoms with Crippen LogP contribution in [-0.2, 0) is 4.74 Å². The van der Waals surface area contributed by atoms with Crippen LogP contribution in [-0.4, -0.2) is 43.7 Å². The minimum absolute atomic E-state index is 0.155. The van der Waals surface area contributed by atoms with Gasteiger partial charge in [0.25, 0.3) is 5.91 Å². The molecule has 118 valence electrons. The molecule has 1 saturated heterocycles. The van der Waals surface area contributed by atoms with Gasteiger partial charge in [-0.3, -0.25) is 9.69 Å². The number of morpholine rings is 1. The highest BCUT2D eigenvalue weighted by molar-refractivity contribution is 7.10. The van der Waals surface area contributed by atoms with Gasteiger partial charge in [-0.05, 0) is 24.4 Å². The Hall–Kier alpha value is -1.63. The van der Waals surface area contributed by atoms with Crippen molar-refractivity contribution in [1.29, 1.82) is 0 Å². The van der Waals surface area contributed by atoms with Crippen LogP contribution in [0.15, 0.2) is 34.3 Å². The second-order valence-electron chi connectivity index (χ2n) is 5.32. The first-order chi connectivity index (χ1) is 10.8. The Balaban J connectivity index is 1.68. The van der Waals surface area contributed by atoms with Crippen LogP contribution in [0.4, 0.5) is 0 Å². The molecule has 2 aromatic heterocycles. The van der Waals surface area contributed by atoms with Gasteiger partial charge < -0.3 is 14.5 Å². The first kappa shape index (κ1) is 15.3. The molecular weight excluding hydrogens is 300 g/mol. The van der Waals surface area contributed by atoms with Gasteiger partial charge in [-0.15, -0.1) is 11.3 Å². The summed E-state index contributed by atoms with van der Waals surface area (Å²) >= 11 is 1.72. The van der Waals surface area contributed by atoms with E-state index in [9.17, 15) is 4.79 Å². The zero-order chi connectivity index (χ0) is 15.4. The van der Waals surface area contributed by atoms with Gasteiger partial charge in [-0.2, -0.15) is 0 Å². The SMILES string of the molecule is Cc1ccoc1C(=O)NC[C@@H](c1cccs1)N1CCOCC1. The molecule has 1 aliphatic heterocycles. The first-order valence-corrected chi connectivity index (χ1v) is 8.31. The average Bonchev–Trinajstić information content (AvgIpc) is 3.20. The van der Waals surface area contributed by atoms with Crippen molar-refractivity contribution in [2.45, 2.75) is 13.0 Å². The number of carbonyl (C=O) groups excluding carboxylic acids is 1. The van der Waals surface area contributed by atoms with E-state index >= 15 is 0 Å². The standard InChI is InChI=1S/C16H20N2O3S/c1-12-4-7-21-15(12)16(19)17-11-13(14-3-2-10-22-14)18-5-8-20-9-6-18/h2-4,7,10,13H,5-6,8-9,11H2,1H3,(H,17,19)/t13-/m0/s1. The van der Waals surface area contributed by atoms with Crippen LogP contribution in [0.3, 0.4) is 0 Å². The minimum atomic E-state index is -0.155. The summed E-state index contributed by atoms with van der Waals surface area (Å²) in [6.45, 7) is 5.70. The number of carbonyl (C=O) groups is 1. The molecule has 0 unspecified atom stereocenters. The quantitative estimate of drug-likeness (QED) is 0.919. The number of thiophene rings is 1. The normalized spacial score (nSPS) is 17.3. The maximum atomic E-state index is 12.2. The minimum Gasteiger partial charge on any atom is -0.459 e. The Morgan fingerprint density at radius 3 is 2.86 bits per heavy atom. The third kappa shape index (κ3) is 3.40. The lowest BCUT2D eigenvalue weighted by molar-refractivity contribution is 0.0168. The van der Waals surface area contributed by atoms with Crippen LogP contribution in [0.2, 0.25) is 0 Å². The molecule has 3 rings (SSSR count). The van der Waals surface area contributed by atoms with Crippen LogP contribution >= 0.6 is 11.3 Å². The highest BCUT2D eigenvalue weighted by Crippen LogP contribution is 2.25. The van der Waals surface area contributed by atoms with Gasteiger partial charge in [-0.25, -0.2) is 0 Å². The predicted octanol–water partition coefficient (Wildman–Crippen LogP) is 2.45. The van der Waals surface area contributed by atoms with Crippen molar-refractivity contribution >= 4 is 17.2 Å². The number of nitrogens with one attached hydrogen (secondary N) is 1. The molecule has 1 fully saturated rings. The summed E-state index contributed by atoms with van der Waals surface area (Å²) in [6, 6.07) is 6.15. The molecular formula is C16H20N2O3S. The number of hydrogen-bond acceptors (Lipinski definition) is 5. The smallest absolute Gasteiger partial charge is 0.287 e. The van der Waals surface area contributed by atoms with Crippen molar-refractivity contribution in [2.75, 3.05) is 32.8 Å². The number of hydrogen-bond donors (Lipinski definition) is 1. The lowest BCUT2D eigenvalue weighted by Gasteiger charge is -2.34. The number of ether oxygens (including phenoxy) is 1. The fourth-order valence-corrected chi connectivity index (χ4v) is 3.52. The summed E-state index contributed by atoms with van der Waals surface area (Å²) in [6.07, 6.45) is 1.54. The summed E-state index contributed by atoms with van der Waals surface area (Å²) in [5.74, 6) is 0.240. The summed E-state index contributed by atoms with van der Waals surface area (Å²) in [4.78, 5) is 15.9. The summed E-state index contributed by atoms with van der Waals surface area (Å²) < 4.78 is 10.7. The van der Waals surface area contributed by atoms with Gasteiger partial charge in [-0.1, -0.05) is 6.07 Å². The van der Waals surface area contributed by atoms with Crippen LogP contribution in [0, 0.1) is 6.92 Å². The van der Waals surface area contributed by atoms with E-state index in [1.807, 2.05) is 13.0 Å². The highest BCUT2D eigenvalue weighted by atomic mass is 32.1. The third-order valence-electron chi connectivity index (χ3n) is 3.88. The molecule has 1 atom stereocenters. The molecule has 0 aromatic carbocycles. The van der Waals surface area contributed by atoms with E-state index in [0.29, 0.717) is 12.3 Å². The summed E-state index contributed by atoms with van der Waals surface area (Å²) in [5, 5.41) is 5.07. The first-order valence-electron chi connectivity index (χ1n) is 7.43. The highest BCUT2D eigenvalue weighted by Gasteiger charge is 2.24. The van der Waals surface area contributed by atoms with E-state index in [0.717, 1.165) is 31.9 Å². The molecule has 0 saturated carbocycles. The van der Waals surface area contributed by atoms with Gasteiger partial charge >= 0.3 is 0 Å². The fourth-order valence-electron chi connectivity index (χ4n) is 2.65. The molecule has 22 heavy (non-hydrogen) atoms. The largest absolute Gasteiger partial charge is 0.459 e. The van der Waals surface area contributed by atoms with Crippen molar-refractivity contribution in [3.63, 3.8) is 0 Å². The molecule has 3 heterocycles. The van der Waals surface area contributed by atoms with E-state index in [2.05, 4.69) is 21.7 Å². The molecule has 1 aliphatic rings. The van der Waals surface area contributed by atoms with Crippen LogP contribution < -0.4 is 5.32 Å². The molecule has 6 heteroatoms. The zero-order valence-corrected chi connectivity index (χ0v) is 13.4. The number of amides is 1. The maximum Gasteiger partial charge on any atom is 0.287 e. The summed E-state index contributed by atoms with van der Waals surface area (Å²) in [7, 11) is 0. The van der Waals surface area contributed by atoms with E-state index in [1.54, 1.807) is 23.7 Å². The van der Waals surface area contributed by atoms with E-state index < -0.39 is 0 Å². The Kier molecular flexibility index (Phi) is 4.92. The molecule has 0 bridgehead atoms. The maximum absolute atomic E-state index is 12.2. The number of furan rings is 1. The average molecular weight is 320 g/mol. The number of nitrogens with zero attached hydrogens (tertiary/aromatic N) is 1. The van der Waals surface area contributed by atoms with Gasteiger partial charge in [0.1, 0.15) is 0 Å². The monoisotopic (exact) mass is 320 g/mol. The topological polar surface area (TPSA) is 54.7 Å². The second kappa shape index (κ2) is 7.09. The summed E-state index contributed by atoms with van der Waals surface area (Å²) in [5.41, 5.74) is 0.858. The van der Waals surface area contributed by atoms with Crippen LogP contribution in [0.5, 0.6) is 0 Å². The van der Waals surface area contributed by atoms with Gasteiger partial charge in [0.2, 0.25) is 0 Å². The van der Waals surface area contributed by atoms with Crippen molar-refractivity contribution in [3.05, 3.63) is 46.0 Å². The van der Waals surface area contributed by atoms with E-state index in [4.69, 9.17) is 9.15 Å². The molecule has 0 spiro atoms. The number of aryl methyl sites for hydroxylation is 1.